The number of H-pyrrole nitrogens is 1. The van der Waals surface area contributed by atoms with Crippen LogP contribution in [0.2, 0.25) is 0 Å². The molecule has 2 aliphatic rings. The molecule has 7 nitrogen and oxygen atoms in total. The third kappa shape index (κ3) is 3.23. The van der Waals surface area contributed by atoms with E-state index in [1.54, 1.807) is 0 Å². The number of nitrogens with zero attached hydrogens (tertiary/aromatic N) is 4. The largest absolute Gasteiger partial charge is 0.478 e. The van der Waals surface area contributed by atoms with Crippen molar-refractivity contribution < 1.29 is 9.90 Å². The number of benzene rings is 1. The van der Waals surface area contributed by atoms with Crippen molar-refractivity contribution in [3.8, 4) is 11.4 Å². The first-order chi connectivity index (χ1) is 16.0. The number of carboxylic acid groups (broad SMARTS) is 1. The maximum absolute atomic E-state index is 11.7. The SMILES string of the molecule is CN(C1=CCCc2c1nn(C)c2-c1cc2nccc(C(=O)O)c2[nH]1)c1cccc(C2CC2)c1. The first kappa shape index (κ1) is 19.8. The van der Waals surface area contributed by atoms with Gasteiger partial charge in [-0.2, -0.15) is 5.10 Å². The molecule has 166 valence electrons. The zero-order valence-electron chi connectivity index (χ0n) is 18.7. The van der Waals surface area contributed by atoms with Gasteiger partial charge in [0.15, 0.2) is 0 Å². The lowest BCUT2D eigenvalue weighted by Gasteiger charge is -2.25. The Balaban J connectivity index is 1.42. The van der Waals surface area contributed by atoms with Gasteiger partial charge in [-0.25, -0.2) is 4.79 Å². The van der Waals surface area contributed by atoms with E-state index in [0.717, 1.165) is 35.6 Å². The van der Waals surface area contributed by atoms with E-state index in [9.17, 15) is 9.90 Å². The van der Waals surface area contributed by atoms with Crippen molar-refractivity contribution in [2.24, 2.45) is 7.05 Å². The quantitative estimate of drug-likeness (QED) is 0.459. The first-order valence-electron chi connectivity index (χ1n) is 11.3. The Morgan fingerprint density at radius 2 is 2.09 bits per heavy atom. The van der Waals surface area contributed by atoms with E-state index in [4.69, 9.17) is 5.10 Å². The smallest absolute Gasteiger partial charge is 0.337 e. The van der Waals surface area contributed by atoms with Crippen LogP contribution in [0.1, 0.15) is 52.4 Å². The Morgan fingerprint density at radius 1 is 1.24 bits per heavy atom. The van der Waals surface area contributed by atoms with Gasteiger partial charge in [-0.3, -0.25) is 9.67 Å². The summed E-state index contributed by atoms with van der Waals surface area (Å²) in [5, 5.41) is 14.5. The van der Waals surface area contributed by atoms with E-state index in [1.807, 2.05) is 17.8 Å². The number of pyridine rings is 1. The molecular weight excluding hydrogens is 414 g/mol. The van der Waals surface area contributed by atoms with Gasteiger partial charge in [-0.1, -0.05) is 18.2 Å². The molecule has 0 amide bonds. The number of aromatic nitrogens is 4. The van der Waals surface area contributed by atoms with Gasteiger partial charge in [0, 0.05) is 31.5 Å². The molecule has 1 aromatic carbocycles. The van der Waals surface area contributed by atoms with Crippen molar-refractivity contribution in [2.75, 3.05) is 11.9 Å². The molecular formula is C26H25N5O2. The summed E-state index contributed by atoms with van der Waals surface area (Å²) in [7, 11) is 4.04. The Labute approximate surface area is 191 Å². The van der Waals surface area contributed by atoms with Gasteiger partial charge < -0.3 is 15.0 Å². The number of anilines is 1. The molecule has 2 aliphatic carbocycles. The van der Waals surface area contributed by atoms with Gasteiger partial charge in [-0.15, -0.1) is 0 Å². The molecule has 0 aliphatic heterocycles. The van der Waals surface area contributed by atoms with Crippen molar-refractivity contribution >= 4 is 28.4 Å². The second-order valence-electron chi connectivity index (χ2n) is 8.96. The van der Waals surface area contributed by atoms with Gasteiger partial charge in [0.2, 0.25) is 0 Å². The highest BCUT2D eigenvalue weighted by Gasteiger charge is 2.28. The maximum Gasteiger partial charge on any atom is 0.337 e. The van der Waals surface area contributed by atoms with E-state index in [-0.39, 0.29) is 5.56 Å². The summed E-state index contributed by atoms with van der Waals surface area (Å²) in [6.45, 7) is 0. The van der Waals surface area contributed by atoms with Gasteiger partial charge in [-0.05, 0) is 61.4 Å². The predicted molar refractivity (Wildman–Crippen MR) is 128 cm³/mol. The molecule has 4 aromatic rings. The van der Waals surface area contributed by atoms with Gasteiger partial charge in [0.25, 0.3) is 0 Å². The molecule has 0 unspecified atom stereocenters. The van der Waals surface area contributed by atoms with Crippen LogP contribution in [0.25, 0.3) is 28.1 Å². The zero-order valence-corrected chi connectivity index (χ0v) is 18.7. The van der Waals surface area contributed by atoms with Crippen LogP contribution in [-0.2, 0) is 13.5 Å². The number of aromatic carboxylic acids is 1. The second kappa shape index (κ2) is 7.33. The Morgan fingerprint density at radius 3 is 2.88 bits per heavy atom. The first-order valence-corrected chi connectivity index (χ1v) is 11.3. The summed E-state index contributed by atoms with van der Waals surface area (Å²) in [5.74, 6) is -0.259. The molecule has 3 aromatic heterocycles. The molecule has 0 spiro atoms. The van der Waals surface area contributed by atoms with Gasteiger partial charge >= 0.3 is 5.97 Å². The average Bonchev–Trinajstić information content (AvgIpc) is 3.49. The van der Waals surface area contributed by atoms with E-state index < -0.39 is 5.97 Å². The topological polar surface area (TPSA) is 87.0 Å². The highest BCUT2D eigenvalue weighted by atomic mass is 16.4. The number of hydrogen-bond acceptors (Lipinski definition) is 4. The van der Waals surface area contributed by atoms with Crippen LogP contribution in [0.3, 0.4) is 0 Å². The maximum atomic E-state index is 11.7. The fourth-order valence-corrected chi connectivity index (χ4v) is 4.97. The number of hydrogen-bond donors (Lipinski definition) is 2. The lowest BCUT2D eigenvalue weighted by atomic mass is 9.97. The molecule has 0 atom stereocenters. The lowest BCUT2D eigenvalue weighted by molar-refractivity contribution is 0.0698. The molecule has 33 heavy (non-hydrogen) atoms. The normalized spacial score (nSPS) is 15.4. The van der Waals surface area contributed by atoms with Crippen molar-refractivity contribution in [1.29, 1.82) is 0 Å². The number of nitrogens with one attached hydrogen (secondary N) is 1. The van der Waals surface area contributed by atoms with Gasteiger partial charge in [0.1, 0.15) is 5.69 Å². The molecule has 1 saturated carbocycles. The third-order valence-electron chi connectivity index (χ3n) is 6.79. The Hall–Kier alpha value is -3.87. The minimum absolute atomic E-state index is 0.221. The number of carbonyl (C=O) groups is 1. The highest BCUT2D eigenvalue weighted by Crippen LogP contribution is 2.42. The van der Waals surface area contributed by atoms with E-state index in [1.165, 1.54) is 41.9 Å². The van der Waals surface area contributed by atoms with E-state index >= 15 is 0 Å². The molecule has 0 radical (unpaired) electrons. The van der Waals surface area contributed by atoms with Crippen molar-refractivity contribution in [2.45, 2.75) is 31.6 Å². The fourth-order valence-electron chi connectivity index (χ4n) is 4.97. The summed E-state index contributed by atoms with van der Waals surface area (Å²) >= 11 is 0. The fraction of sp³-hybridized carbons (Fsp3) is 0.269. The average molecular weight is 440 g/mol. The van der Waals surface area contributed by atoms with Gasteiger partial charge in [0.05, 0.1) is 33.7 Å². The van der Waals surface area contributed by atoms with Crippen LogP contribution < -0.4 is 4.90 Å². The second-order valence-corrected chi connectivity index (χ2v) is 8.96. The molecule has 1 fully saturated rings. The summed E-state index contributed by atoms with van der Waals surface area (Å²) in [5.41, 5.74) is 9.05. The van der Waals surface area contributed by atoms with Crippen LogP contribution in [-0.4, -0.2) is 37.9 Å². The third-order valence-corrected chi connectivity index (χ3v) is 6.79. The zero-order chi connectivity index (χ0) is 22.7. The van der Waals surface area contributed by atoms with Crippen LogP contribution in [0, 0.1) is 0 Å². The molecule has 0 saturated heterocycles. The number of allylic oxidation sites excluding steroid dienone is 1. The minimum atomic E-state index is -0.969. The van der Waals surface area contributed by atoms with E-state index in [0.29, 0.717) is 17.0 Å². The van der Waals surface area contributed by atoms with Crippen LogP contribution >= 0.6 is 0 Å². The summed E-state index contributed by atoms with van der Waals surface area (Å²) in [4.78, 5) is 21.6. The summed E-state index contributed by atoms with van der Waals surface area (Å²) in [6.07, 6.45) is 8.17. The lowest BCUT2D eigenvalue weighted by Crippen LogP contribution is -2.18. The van der Waals surface area contributed by atoms with Crippen LogP contribution in [0.4, 0.5) is 5.69 Å². The number of rotatable bonds is 5. The summed E-state index contributed by atoms with van der Waals surface area (Å²) in [6, 6.07) is 12.3. The molecule has 0 bridgehead atoms. The molecule has 6 rings (SSSR count). The number of aromatic amines is 1. The van der Waals surface area contributed by atoms with Crippen LogP contribution in [0.5, 0.6) is 0 Å². The minimum Gasteiger partial charge on any atom is -0.478 e. The van der Waals surface area contributed by atoms with Crippen molar-refractivity contribution in [3.05, 3.63) is 71.1 Å². The Bertz CT molecular complexity index is 1440. The monoisotopic (exact) mass is 439 g/mol. The molecule has 3 heterocycles. The predicted octanol–water partition coefficient (Wildman–Crippen LogP) is 4.96. The number of aryl methyl sites for hydroxylation is 1. The van der Waals surface area contributed by atoms with Crippen LogP contribution in [0.15, 0.2) is 48.7 Å². The molecule has 7 heteroatoms. The number of carboxylic acids is 1. The summed E-state index contributed by atoms with van der Waals surface area (Å²) < 4.78 is 1.89. The molecule has 2 N–H and O–H groups in total. The van der Waals surface area contributed by atoms with Crippen molar-refractivity contribution in [1.82, 2.24) is 19.7 Å². The Kier molecular flexibility index (Phi) is 4.40. The number of fused-ring (bicyclic) bond motifs is 2. The van der Waals surface area contributed by atoms with E-state index in [2.05, 4.69) is 52.3 Å². The standard InChI is InChI=1S/C26H25N5O2/c1-30(17-6-3-5-16(13-17)15-9-10-15)22-8-4-7-18-24(22)29-31(2)25(18)21-14-20-23(28-21)19(26(32)33)11-12-27-20/h3,5-6,8,11-15,28H,4,7,9-10H2,1-2H3,(H,32,33). The van der Waals surface area contributed by atoms with Crippen molar-refractivity contribution in [3.63, 3.8) is 0 Å². The highest BCUT2D eigenvalue weighted by molar-refractivity contribution is 6.02.